The van der Waals surface area contributed by atoms with Crippen molar-refractivity contribution in [3.8, 4) is 0 Å². The minimum Gasteiger partial charge on any atom is -0.312 e. The van der Waals surface area contributed by atoms with Crippen molar-refractivity contribution in [2.75, 3.05) is 17.2 Å². The molecule has 0 spiro atoms. The first-order valence-electron chi connectivity index (χ1n) is 7.89. The number of amides is 2. The molecular formula is C17H23N5O. The summed E-state index contributed by atoms with van der Waals surface area (Å²) < 4.78 is 0. The molecule has 0 atom stereocenters. The van der Waals surface area contributed by atoms with Gasteiger partial charge in [-0.05, 0) is 23.1 Å². The van der Waals surface area contributed by atoms with Gasteiger partial charge in [0.1, 0.15) is 0 Å². The summed E-state index contributed by atoms with van der Waals surface area (Å²) in [6, 6.07) is 7.63. The largest absolute Gasteiger partial charge is 0.324 e. The monoisotopic (exact) mass is 313 g/mol. The van der Waals surface area contributed by atoms with E-state index in [1.54, 1.807) is 0 Å². The molecule has 1 aliphatic heterocycles. The summed E-state index contributed by atoms with van der Waals surface area (Å²) >= 11 is 0. The summed E-state index contributed by atoms with van der Waals surface area (Å²) in [7, 11) is 0. The van der Waals surface area contributed by atoms with E-state index in [1.165, 1.54) is 5.56 Å². The van der Waals surface area contributed by atoms with Crippen LogP contribution in [-0.2, 0) is 18.4 Å². The van der Waals surface area contributed by atoms with Gasteiger partial charge in [0.05, 0.1) is 0 Å². The first kappa shape index (κ1) is 15.6. The molecule has 3 rings (SSSR count). The van der Waals surface area contributed by atoms with E-state index >= 15 is 0 Å². The molecule has 6 nitrogen and oxygen atoms in total. The molecule has 23 heavy (non-hydrogen) atoms. The normalized spacial score (nSPS) is 14.2. The van der Waals surface area contributed by atoms with Gasteiger partial charge < -0.3 is 10.6 Å². The Bertz CT molecular complexity index is 697. The standard InChI is InChI=1S/C17H23N5O/c1-17(2,3)11-4-6-12(7-5-11)19-16(23)20-15-13-10-18-9-8-14(13)21-22-15/h4-7,18H,8-10H2,1-3H3,(H3,19,20,21,22,23). The van der Waals surface area contributed by atoms with E-state index in [4.69, 9.17) is 0 Å². The number of urea groups is 1. The number of nitrogens with one attached hydrogen (secondary N) is 4. The Kier molecular flexibility index (Phi) is 4.09. The fourth-order valence-electron chi connectivity index (χ4n) is 2.65. The average molecular weight is 313 g/mol. The van der Waals surface area contributed by atoms with Crippen molar-refractivity contribution in [1.29, 1.82) is 0 Å². The fraction of sp³-hybridized carbons (Fsp3) is 0.412. The van der Waals surface area contributed by atoms with Crippen molar-refractivity contribution >= 4 is 17.5 Å². The molecular weight excluding hydrogens is 290 g/mol. The highest BCUT2D eigenvalue weighted by molar-refractivity contribution is 5.99. The topological polar surface area (TPSA) is 81.8 Å². The third-order valence-electron chi connectivity index (χ3n) is 4.05. The summed E-state index contributed by atoms with van der Waals surface area (Å²) in [5.41, 5.74) is 4.22. The van der Waals surface area contributed by atoms with E-state index in [2.05, 4.69) is 46.9 Å². The number of benzene rings is 1. The number of fused-ring (bicyclic) bond motifs is 1. The first-order chi connectivity index (χ1) is 10.9. The van der Waals surface area contributed by atoms with E-state index in [1.807, 2.05) is 24.3 Å². The van der Waals surface area contributed by atoms with Gasteiger partial charge >= 0.3 is 6.03 Å². The minimum atomic E-state index is -0.284. The highest BCUT2D eigenvalue weighted by atomic mass is 16.2. The predicted molar refractivity (Wildman–Crippen MR) is 91.8 cm³/mol. The molecule has 2 heterocycles. The molecule has 4 N–H and O–H groups in total. The number of rotatable bonds is 2. The van der Waals surface area contributed by atoms with Crippen LogP contribution in [0.2, 0.25) is 0 Å². The maximum Gasteiger partial charge on any atom is 0.324 e. The molecule has 1 aromatic carbocycles. The summed E-state index contributed by atoms with van der Waals surface area (Å²) in [5, 5.41) is 16.1. The smallest absolute Gasteiger partial charge is 0.312 e. The molecule has 0 fully saturated rings. The third-order valence-corrected chi connectivity index (χ3v) is 4.05. The van der Waals surface area contributed by atoms with Crippen LogP contribution in [0.1, 0.15) is 37.6 Å². The highest BCUT2D eigenvalue weighted by Gasteiger charge is 2.18. The zero-order valence-corrected chi connectivity index (χ0v) is 13.8. The lowest BCUT2D eigenvalue weighted by atomic mass is 9.87. The quantitative estimate of drug-likeness (QED) is 0.688. The number of anilines is 2. The number of aromatic amines is 1. The molecule has 6 heteroatoms. The van der Waals surface area contributed by atoms with Crippen LogP contribution in [0.15, 0.2) is 24.3 Å². The average Bonchev–Trinajstić information content (AvgIpc) is 2.90. The van der Waals surface area contributed by atoms with Crippen molar-refractivity contribution < 1.29 is 4.79 Å². The Labute approximate surface area is 136 Å². The van der Waals surface area contributed by atoms with Crippen molar-refractivity contribution in [3.63, 3.8) is 0 Å². The van der Waals surface area contributed by atoms with Crippen molar-refractivity contribution in [2.24, 2.45) is 0 Å². The van der Waals surface area contributed by atoms with E-state index in [-0.39, 0.29) is 11.4 Å². The van der Waals surface area contributed by atoms with Crippen LogP contribution in [0.3, 0.4) is 0 Å². The lowest BCUT2D eigenvalue weighted by molar-refractivity contribution is 0.262. The van der Waals surface area contributed by atoms with Crippen LogP contribution in [0.5, 0.6) is 0 Å². The van der Waals surface area contributed by atoms with Crippen LogP contribution in [-0.4, -0.2) is 22.8 Å². The molecule has 1 aliphatic rings. The molecule has 0 saturated heterocycles. The molecule has 2 amide bonds. The van der Waals surface area contributed by atoms with Gasteiger partial charge in [-0.2, -0.15) is 5.10 Å². The lowest BCUT2D eigenvalue weighted by Crippen LogP contribution is -2.25. The molecule has 1 aromatic heterocycles. The highest BCUT2D eigenvalue weighted by Crippen LogP contribution is 2.24. The molecule has 0 unspecified atom stereocenters. The van der Waals surface area contributed by atoms with Crippen LogP contribution < -0.4 is 16.0 Å². The third kappa shape index (κ3) is 3.53. The zero-order chi connectivity index (χ0) is 16.4. The molecule has 0 saturated carbocycles. The minimum absolute atomic E-state index is 0.0991. The number of carbonyl (C=O) groups is 1. The summed E-state index contributed by atoms with van der Waals surface area (Å²) in [5.74, 6) is 0.594. The first-order valence-corrected chi connectivity index (χ1v) is 7.89. The second kappa shape index (κ2) is 6.04. The summed E-state index contributed by atoms with van der Waals surface area (Å²) in [6.07, 6.45) is 0.903. The van der Waals surface area contributed by atoms with Crippen molar-refractivity contribution in [2.45, 2.75) is 39.2 Å². The molecule has 2 aromatic rings. The van der Waals surface area contributed by atoms with E-state index in [0.717, 1.165) is 36.5 Å². The Morgan fingerprint density at radius 1 is 1.17 bits per heavy atom. The lowest BCUT2D eigenvalue weighted by Gasteiger charge is -2.19. The van der Waals surface area contributed by atoms with E-state index in [0.29, 0.717) is 5.82 Å². The van der Waals surface area contributed by atoms with Gasteiger partial charge in [0.15, 0.2) is 5.82 Å². The summed E-state index contributed by atoms with van der Waals surface area (Å²) in [4.78, 5) is 12.2. The van der Waals surface area contributed by atoms with Gasteiger partial charge in [-0.3, -0.25) is 10.4 Å². The number of aromatic nitrogens is 2. The van der Waals surface area contributed by atoms with Crippen LogP contribution >= 0.6 is 0 Å². The Morgan fingerprint density at radius 2 is 1.91 bits per heavy atom. The molecule has 0 radical (unpaired) electrons. The van der Waals surface area contributed by atoms with E-state index in [9.17, 15) is 4.79 Å². The van der Waals surface area contributed by atoms with Gasteiger partial charge in [-0.15, -0.1) is 0 Å². The fourth-order valence-corrected chi connectivity index (χ4v) is 2.65. The van der Waals surface area contributed by atoms with Gasteiger partial charge in [-0.25, -0.2) is 4.79 Å². The van der Waals surface area contributed by atoms with Crippen molar-refractivity contribution in [3.05, 3.63) is 41.1 Å². The maximum atomic E-state index is 12.2. The summed E-state index contributed by atoms with van der Waals surface area (Å²) in [6.45, 7) is 8.15. The van der Waals surface area contributed by atoms with Gasteiger partial charge in [-0.1, -0.05) is 32.9 Å². The SMILES string of the molecule is CC(C)(C)c1ccc(NC(=O)Nc2n[nH]c3c2CNCC3)cc1. The molecule has 122 valence electrons. The van der Waals surface area contributed by atoms with Crippen LogP contribution in [0.25, 0.3) is 0 Å². The number of nitrogens with zero attached hydrogens (tertiary/aromatic N) is 1. The molecule has 0 aliphatic carbocycles. The number of H-pyrrole nitrogens is 1. The number of hydrogen-bond donors (Lipinski definition) is 4. The Morgan fingerprint density at radius 3 is 2.61 bits per heavy atom. The Hall–Kier alpha value is -2.34. The maximum absolute atomic E-state index is 12.2. The Balaban J connectivity index is 1.64. The number of hydrogen-bond acceptors (Lipinski definition) is 3. The molecule has 0 bridgehead atoms. The van der Waals surface area contributed by atoms with E-state index < -0.39 is 0 Å². The van der Waals surface area contributed by atoms with Gasteiger partial charge in [0.25, 0.3) is 0 Å². The zero-order valence-electron chi connectivity index (χ0n) is 13.8. The number of carbonyl (C=O) groups excluding carboxylic acids is 1. The van der Waals surface area contributed by atoms with Gasteiger partial charge in [0, 0.05) is 36.5 Å². The second-order valence-corrected chi connectivity index (χ2v) is 6.86. The predicted octanol–water partition coefficient (Wildman–Crippen LogP) is 3.00. The van der Waals surface area contributed by atoms with Crippen molar-refractivity contribution in [1.82, 2.24) is 15.5 Å². The van der Waals surface area contributed by atoms with Crippen LogP contribution in [0, 0.1) is 0 Å². The second-order valence-electron chi connectivity index (χ2n) is 6.86. The van der Waals surface area contributed by atoms with Crippen LogP contribution in [0.4, 0.5) is 16.3 Å². The van der Waals surface area contributed by atoms with Gasteiger partial charge in [0.2, 0.25) is 0 Å².